The topological polar surface area (TPSA) is 76.1 Å². The maximum Gasteiger partial charge on any atom is 0.239 e. The van der Waals surface area contributed by atoms with Gasteiger partial charge in [-0.1, -0.05) is 13.8 Å². The molecule has 0 saturated carbocycles. The molecular formula is C12H20N4O2. The van der Waals surface area contributed by atoms with E-state index in [0.717, 1.165) is 0 Å². The summed E-state index contributed by atoms with van der Waals surface area (Å²) in [6, 6.07) is 1.66. The molecule has 0 bridgehead atoms. The normalized spacial score (nSPS) is 10.3. The van der Waals surface area contributed by atoms with E-state index < -0.39 is 0 Å². The van der Waals surface area contributed by atoms with Gasteiger partial charge in [0.25, 0.3) is 0 Å². The Balaban J connectivity index is 2.47. The SMILES string of the molecule is COc1cc(NCC(=O)NCC(C)C)nc(C)n1. The molecule has 0 atom stereocenters. The first-order chi connectivity index (χ1) is 8.51. The number of carbonyl (C=O) groups is 1. The van der Waals surface area contributed by atoms with Crippen molar-refractivity contribution < 1.29 is 9.53 Å². The molecule has 1 rings (SSSR count). The number of hydrogen-bond acceptors (Lipinski definition) is 5. The summed E-state index contributed by atoms with van der Waals surface area (Å²) in [6.45, 7) is 6.73. The first-order valence-electron chi connectivity index (χ1n) is 5.91. The number of nitrogens with zero attached hydrogens (tertiary/aromatic N) is 2. The molecule has 1 aromatic heterocycles. The minimum absolute atomic E-state index is 0.0565. The van der Waals surface area contributed by atoms with Crippen LogP contribution >= 0.6 is 0 Å². The van der Waals surface area contributed by atoms with Gasteiger partial charge in [0.1, 0.15) is 11.6 Å². The van der Waals surface area contributed by atoms with Crippen molar-refractivity contribution in [3.8, 4) is 5.88 Å². The van der Waals surface area contributed by atoms with E-state index in [4.69, 9.17) is 4.74 Å². The highest BCUT2D eigenvalue weighted by molar-refractivity contribution is 5.80. The van der Waals surface area contributed by atoms with Gasteiger partial charge in [0, 0.05) is 12.6 Å². The van der Waals surface area contributed by atoms with Gasteiger partial charge < -0.3 is 15.4 Å². The standard InChI is InChI=1S/C12H20N4O2/c1-8(2)6-14-11(17)7-13-10-5-12(18-4)16-9(3)15-10/h5,8H,6-7H2,1-4H3,(H,14,17)(H,13,15,16). The smallest absolute Gasteiger partial charge is 0.239 e. The highest BCUT2D eigenvalue weighted by atomic mass is 16.5. The summed E-state index contributed by atoms with van der Waals surface area (Å²) in [5, 5.41) is 5.76. The van der Waals surface area contributed by atoms with E-state index in [0.29, 0.717) is 30.0 Å². The van der Waals surface area contributed by atoms with E-state index in [1.54, 1.807) is 20.1 Å². The third kappa shape index (κ3) is 4.99. The summed E-state index contributed by atoms with van der Waals surface area (Å²) in [5.74, 6) is 2.04. The van der Waals surface area contributed by atoms with Crippen LogP contribution in [-0.2, 0) is 4.79 Å². The molecule has 18 heavy (non-hydrogen) atoms. The van der Waals surface area contributed by atoms with Crippen LogP contribution in [0.5, 0.6) is 5.88 Å². The van der Waals surface area contributed by atoms with Crippen molar-refractivity contribution in [3.05, 3.63) is 11.9 Å². The number of aryl methyl sites for hydroxylation is 1. The fourth-order valence-corrected chi connectivity index (χ4v) is 1.29. The van der Waals surface area contributed by atoms with Crippen molar-refractivity contribution >= 4 is 11.7 Å². The number of nitrogens with one attached hydrogen (secondary N) is 2. The molecule has 0 spiro atoms. The molecule has 0 aromatic carbocycles. The molecule has 1 heterocycles. The van der Waals surface area contributed by atoms with Gasteiger partial charge in [-0.2, -0.15) is 4.98 Å². The molecule has 0 aliphatic carbocycles. The zero-order chi connectivity index (χ0) is 13.5. The first kappa shape index (κ1) is 14.2. The number of rotatable bonds is 6. The van der Waals surface area contributed by atoms with Crippen LogP contribution in [0.25, 0.3) is 0 Å². The Morgan fingerprint density at radius 2 is 2.17 bits per heavy atom. The summed E-state index contributed by atoms with van der Waals surface area (Å²) < 4.78 is 5.03. The Morgan fingerprint density at radius 1 is 1.44 bits per heavy atom. The Morgan fingerprint density at radius 3 is 2.78 bits per heavy atom. The predicted molar refractivity (Wildman–Crippen MR) is 69.7 cm³/mol. The van der Waals surface area contributed by atoms with Crippen LogP contribution in [0.4, 0.5) is 5.82 Å². The number of anilines is 1. The lowest BCUT2D eigenvalue weighted by atomic mass is 10.2. The summed E-state index contributed by atoms with van der Waals surface area (Å²) in [6.07, 6.45) is 0. The number of aromatic nitrogens is 2. The van der Waals surface area contributed by atoms with E-state index in [1.807, 2.05) is 13.8 Å². The van der Waals surface area contributed by atoms with E-state index in [9.17, 15) is 4.79 Å². The molecule has 0 aliphatic rings. The summed E-state index contributed by atoms with van der Waals surface area (Å²) in [7, 11) is 1.54. The molecule has 100 valence electrons. The fraction of sp³-hybridized carbons (Fsp3) is 0.583. The largest absolute Gasteiger partial charge is 0.481 e. The van der Waals surface area contributed by atoms with Crippen molar-refractivity contribution in [1.82, 2.24) is 15.3 Å². The maximum atomic E-state index is 11.5. The molecule has 0 fully saturated rings. The van der Waals surface area contributed by atoms with Gasteiger partial charge >= 0.3 is 0 Å². The lowest BCUT2D eigenvalue weighted by Crippen LogP contribution is -2.32. The van der Waals surface area contributed by atoms with Crippen molar-refractivity contribution in [1.29, 1.82) is 0 Å². The summed E-state index contributed by atoms with van der Waals surface area (Å²) >= 11 is 0. The number of ether oxygens (including phenoxy) is 1. The Bertz CT molecular complexity index is 407. The quantitative estimate of drug-likeness (QED) is 0.789. The van der Waals surface area contributed by atoms with Gasteiger partial charge in [-0.25, -0.2) is 4.98 Å². The van der Waals surface area contributed by atoms with Crippen LogP contribution in [0, 0.1) is 12.8 Å². The lowest BCUT2D eigenvalue weighted by molar-refractivity contribution is -0.119. The van der Waals surface area contributed by atoms with Crippen LogP contribution < -0.4 is 15.4 Å². The molecule has 0 radical (unpaired) electrons. The Labute approximate surface area is 107 Å². The van der Waals surface area contributed by atoms with Crippen LogP contribution in [0.1, 0.15) is 19.7 Å². The van der Waals surface area contributed by atoms with Gasteiger partial charge in [-0.3, -0.25) is 4.79 Å². The van der Waals surface area contributed by atoms with Gasteiger partial charge in [0.2, 0.25) is 11.8 Å². The molecule has 0 saturated heterocycles. The van der Waals surface area contributed by atoms with E-state index in [2.05, 4.69) is 20.6 Å². The molecule has 2 N–H and O–H groups in total. The maximum absolute atomic E-state index is 11.5. The molecule has 1 aromatic rings. The highest BCUT2D eigenvalue weighted by Gasteiger charge is 2.05. The molecule has 1 amide bonds. The summed E-state index contributed by atoms with van der Waals surface area (Å²) in [4.78, 5) is 19.7. The molecule has 6 heteroatoms. The van der Waals surface area contributed by atoms with Gasteiger partial charge in [0.15, 0.2) is 0 Å². The summed E-state index contributed by atoms with van der Waals surface area (Å²) in [5.41, 5.74) is 0. The van der Waals surface area contributed by atoms with Crippen molar-refractivity contribution in [2.24, 2.45) is 5.92 Å². The van der Waals surface area contributed by atoms with E-state index >= 15 is 0 Å². The molecule has 0 unspecified atom stereocenters. The minimum Gasteiger partial charge on any atom is -0.481 e. The van der Waals surface area contributed by atoms with Crippen molar-refractivity contribution in [2.75, 3.05) is 25.5 Å². The third-order valence-corrected chi connectivity index (χ3v) is 2.16. The van der Waals surface area contributed by atoms with Crippen LogP contribution in [0.2, 0.25) is 0 Å². The van der Waals surface area contributed by atoms with E-state index in [-0.39, 0.29) is 12.5 Å². The minimum atomic E-state index is -0.0565. The molecule has 0 aliphatic heterocycles. The second-order valence-corrected chi connectivity index (χ2v) is 4.39. The first-order valence-corrected chi connectivity index (χ1v) is 5.91. The van der Waals surface area contributed by atoms with Gasteiger partial charge in [-0.05, 0) is 12.8 Å². The predicted octanol–water partition coefficient (Wildman–Crippen LogP) is 0.978. The molecule has 6 nitrogen and oxygen atoms in total. The number of methoxy groups -OCH3 is 1. The Hall–Kier alpha value is -1.85. The zero-order valence-corrected chi connectivity index (χ0v) is 11.3. The van der Waals surface area contributed by atoms with Crippen LogP contribution in [0.3, 0.4) is 0 Å². The second-order valence-electron chi connectivity index (χ2n) is 4.39. The highest BCUT2D eigenvalue weighted by Crippen LogP contribution is 2.11. The average molecular weight is 252 g/mol. The number of hydrogen-bond donors (Lipinski definition) is 2. The van der Waals surface area contributed by atoms with Crippen molar-refractivity contribution in [3.63, 3.8) is 0 Å². The van der Waals surface area contributed by atoms with Gasteiger partial charge in [-0.15, -0.1) is 0 Å². The van der Waals surface area contributed by atoms with Crippen LogP contribution in [-0.4, -0.2) is 36.1 Å². The number of carbonyl (C=O) groups excluding carboxylic acids is 1. The second kappa shape index (κ2) is 6.78. The number of amides is 1. The monoisotopic (exact) mass is 252 g/mol. The average Bonchev–Trinajstić information content (AvgIpc) is 2.33. The lowest BCUT2D eigenvalue weighted by Gasteiger charge is -2.09. The van der Waals surface area contributed by atoms with Gasteiger partial charge in [0.05, 0.1) is 13.7 Å². The van der Waals surface area contributed by atoms with Crippen LogP contribution in [0.15, 0.2) is 6.07 Å². The third-order valence-electron chi connectivity index (χ3n) is 2.16. The zero-order valence-electron chi connectivity index (χ0n) is 11.3. The fourth-order valence-electron chi connectivity index (χ4n) is 1.29. The van der Waals surface area contributed by atoms with E-state index in [1.165, 1.54) is 0 Å². The molecular weight excluding hydrogens is 232 g/mol. The Kier molecular flexibility index (Phi) is 5.35. The van der Waals surface area contributed by atoms with Crippen molar-refractivity contribution in [2.45, 2.75) is 20.8 Å².